The number of carbonyl (C=O) groups is 3. The van der Waals surface area contributed by atoms with Gasteiger partial charge in [0.25, 0.3) is 0 Å². The van der Waals surface area contributed by atoms with Gasteiger partial charge in [-0.25, -0.2) is 0 Å². The van der Waals surface area contributed by atoms with Gasteiger partial charge in [0.2, 0.25) is 0 Å². The molecule has 7 nitrogen and oxygen atoms in total. The molecule has 0 aliphatic carbocycles. The van der Waals surface area contributed by atoms with Crippen molar-refractivity contribution < 1.29 is 29.1 Å². The normalized spacial score (nSPS) is 21.4. The molecule has 1 N–H and O–H groups in total. The van der Waals surface area contributed by atoms with Crippen molar-refractivity contribution in [2.75, 3.05) is 13.7 Å². The van der Waals surface area contributed by atoms with Gasteiger partial charge in [0, 0.05) is 13.1 Å². The molecule has 0 saturated carbocycles. The van der Waals surface area contributed by atoms with E-state index in [1.54, 1.807) is 6.92 Å². The highest BCUT2D eigenvalue weighted by Crippen LogP contribution is 2.21. The molecule has 2 unspecified atom stereocenters. The van der Waals surface area contributed by atoms with Gasteiger partial charge in [-0.2, -0.15) is 5.06 Å². The molecule has 7 heteroatoms. The number of nitrogens with zero attached hydrogens (tertiary/aromatic N) is 1. The fourth-order valence-electron chi connectivity index (χ4n) is 1.67. The van der Waals surface area contributed by atoms with Gasteiger partial charge in [-0.1, -0.05) is 0 Å². The number of likely N-dealkylation sites (N-methyl/N-ethyl adjacent to an activating group) is 1. The molecule has 1 rings (SSSR count). The van der Waals surface area contributed by atoms with Crippen molar-refractivity contribution in [3.63, 3.8) is 0 Å². The van der Waals surface area contributed by atoms with E-state index in [2.05, 4.69) is 0 Å². The zero-order chi connectivity index (χ0) is 13.9. The summed E-state index contributed by atoms with van der Waals surface area (Å²) in [5, 5.41) is 9.90. The van der Waals surface area contributed by atoms with E-state index < -0.39 is 29.7 Å². The van der Waals surface area contributed by atoms with Crippen molar-refractivity contribution in [2.24, 2.45) is 5.92 Å². The Bertz CT molecular complexity index is 400. The molecule has 0 spiro atoms. The lowest BCUT2D eigenvalue weighted by atomic mass is 9.92. The summed E-state index contributed by atoms with van der Waals surface area (Å²) in [5.74, 6) is -3.58. The van der Waals surface area contributed by atoms with Crippen LogP contribution in [0.1, 0.15) is 13.8 Å². The van der Waals surface area contributed by atoms with E-state index in [1.165, 1.54) is 6.92 Å². The van der Waals surface area contributed by atoms with Crippen LogP contribution in [0.3, 0.4) is 0 Å². The van der Waals surface area contributed by atoms with E-state index in [4.69, 9.17) is 9.47 Å². The van der Waals surface area contributed by atoms with E-state index >= 15 is 0 Å². The lowest BCUT2D eigenvalue weighted by Gasteiger charge is -2.28. The predicted octanol–water partition coefficient (Wildman–Crippen LogP) is -0.115. The Morgan fingerprint density at radius 1 is 1.61 bits per heavy atom. The van der Waals surface area contributed by atoms with Gasteiger partial charge in [0.15, 0.2) is 11.8 Å². The predicted molar refractivity (Wildman–Crippen MR) is 58.3 cm³/mol. The highest BCUT2D eigenvalue weighted by atomic mass is 16.6. The number of hydrogen-bond donors (Lipinski definition) is 1. The fourth-order valence-corrected chi connectivity index (χ4v) is 1.67. The summed E-state index contributed by atoms with van der Waals surface area (Å²) in [6, 6.07) is -1.41. The van der Waals surface area contributed by atoms with Crippen LogP contribution in [0.25, 0.3) is 0 Å². The molecular weight excluding hydrogens is 242 g/mol. The van der Waals surface area contributed by atoms with Crippen LogP contribution in [0.2, 0.25) is 0 Å². The zero-order valence-corrected chi connectivity index (χ0v) is 10.4. The molecule has 0 bridgehead atoms. The third-order valence-electron chi connectivity index (χ3n) is 2.41. The van der Waals surface area contributed by atoms with Crippen molar-refractivity contribution >= 4 is 17.7 Å². The number of ketones is 1. The molecule has 0 saturated heterocycles. The maximum absolute atomic E-state index is 11.7. The molecule has 0 aromatic heterocycles. The summed E-state index contributed by atoms with van der Waals surface area (Å²) in [6.45, 7) is 3.11. The Balaban J connectivity index is 3.03. The molecule has 2 atom stereocenters. The van der Waals surface area contributed by atoms with E-state index in [-0.39, 0.29) is 12.4 Å². The SMILES string of the molecule is CCOC(=O)C(C1C(=O)C=C(C)OC1=O)N(C)O. The van der Waals surface area contributed by atoms with Crippen LogP contribution in [0.5, 0.6) is 0 Å². The number of ether oxygens (including phenoxy) is 2. The average Bonchev–Trinajstić information content (AvgIpc) is 2.22. The van der Waals surface area contributed by atoms with Gasteiger partial charge in [-0.15, -0.1) is 0 Å². The summed E-state index contributed by atoms with van der Waals surface area (Å²) in [7, 11) is 1.16. The standard InChI is InChI=1S/C11H15NO6/c1-4-17-11(15)9(12(3)16)8-7(13)5-6(2)18-10(8)14/h5,8-9,16H,4H2,1-3H3. The molecule has 0 aromatic carbocycles. The van der Waals surface area contributed by atoms with Crippen molar-refractivity contribution in [2.45, 2.75) is 19.9 Å². The minimum absolute atomic E-state index is 0.0774. The minimum atomic E-state index is -1.41. The van der Waals surface area contributed by atoms with Gasteiger partial charge >= 0.3 is 11.9 Å². The number of hydroxylamine groups is 2. The second-order valence-corrected chi connectivity index (χ2v) is 3.83. The summed E-state index contributed by atoms with van der Waals surface area (Å²) in [4.78, 5) is 35.0. The van der Waals surface area contributed by atoms with Gasteiger partial charge in [0.1, 0.15) is 11.7 Å². The smallest absolute Gasteiger partial charge is 0.327 e. The molecule has 0 radical (unpaired) electrons. The van der Waals surface area contributed by atoms with Gasteiger partial charge in [0.05, 0.1) is 6.61 Å². The van der Waals surface area contributed by atoms with Crippen LogP contribution >= 0.6 is 0 Å². The molecule has 0 fully saturated rings. The first-order chi connectivity index (χ1) is 8.38. The summed E-state index contributed by atoms with van der Waals surface area (Å²) in [6.07, 6.45) is 1.11. The van der Waals surface area contributed by atoms with Crippen molar-refractivity contribution in [1.82, 2.24) is 5.06 Å². The number of rotatable bonds is 4. The average molecular weight is 257 g/mol. The fraction of sp³-hybridized carbons (Fsp3) is 0.545. The Morgan fingerprint density at radius 2 is 2.22 bits per heavy atom. The molecule has 1 heterocycles. The van der Waals surface area contributed by atoms with E-state index in [0.717, 1.165) is 13.1 Å². The zero-order valence-electron chi connectivity index (χ0n) is 10.4. The number of hydrogen-bond acceptors (Lipinski definition) is 7. The largest absolute Gasteiger partial charge is 0.465 e. The Kier molecular flexibility index (Phi) is 4.57. The molecule has 18 heavy (non-hydrogen) atoms. The van der Waals surface area contributed by atoms with Gasteiger partial charge in [-0.05, 0) is 13.8 Å². The van der Waals surface area contributed by atoms with Crippen LogP contribution in [-0.2, 0) is 23.9 Å². The lowest BCUT2D eigenvalue weighted by molar-refractivity contribution is -0.183. The second-order valence-electron chi connectivity index (χ2n) is 3.83. The first-order valence-electron chi connectivity index (χ1n) is 5.40. The van der Waals surface area contributed by atoms with E-state index in [0.29, 0.717) is 5.06 Å². The summed E-state index contributed by atoms with van der Waals surface area (Å²) in [5.41, 5.74) is 0. The Hall–Kier alpha value is -1.73. The highest BCUT2D eigenvalue weighted by Gasteiger charge is 2.45. The maximum Gasteiger partial charge on any atom is 0.327 e. The van der Waals surface area contributed by atoms with Crippen LogP contribution in [-0.4, -0.2) is 47.7 Å². The topological polar surface area (TPSA) is 93.1 Å². The van der Waals surface area contributed by atoms with E-state index in [1.807, 2.05) is 0 Å². The Labute approximate surface area is 104 Å². The van der Waals surface area contributed by atoms with Crippen LogP contribution < -0.4 is 0 Å². The maximum atomic E-state index is 11.7. The lowest BCUT2D eigenvalue weighted by Crippen LogP contribution is -2.50. The first kappa shape index (κ1) is 14.3. The number of cyclic esters (lactones) is 1. The summed E-state index contributed by atoms with van der Waals surface area (Å²) < 4.78 is 9.51. The molecule has 1 aliphatic rings. The molecule has 0 amide bonds. The quantitative estimate of drug-likeness (QED) is 0.426. The molecule has 100 valence electrons. The second kappa shape index (κ2) is 5.74. The number of allylic oxidation sites excluding steroid dienone is 2. The Morgan fingerprint density at radius 3 is 2.67 bits per heavy atom. The third-order valence-corrected chi connectivity index (χ3v) is 2.41. The van der Waals surface area contributed by atoms with Crippen LogP contribution in [0.4, 0.5) is 0 Å². The van der Waals surface area contributed by atoms with Gasteiger partial charge in [-0.3, -0.25) is 14.4 Å². The highest BCUT2D eigenvalue weighted by molar-refractivity contribution is 6.10. The third kappa shape index (κ3) is 2.93. The van der Waals surface area contributed by atoms with Crippen LogP contribution in [0, 0.1) is 5.92 Å². The molecule has 1 aliphatic heterocycles. The monoisotopic (exact) mass is 257 g/mol. The van der Waals surface area contributed by atoms with Crippen molar-refractivity contribution in [1.29, 1.82) is 0 Å². The summed E-state index contributed by atoms with van der Waals surface area (Å²) >= 11 is 0. The van der Waals surface area contributed by atoms with E-state index in [9.17, 15) is 19.6 Å². The number of carbonyl (C=O) groups excluding carboxylic acids is 3. The molecular formula is C11H15NO6. The number of esters is 2. The molecule has 0 aromatic rings. The van der Waals surface area contributed by atoms with Crippen molar-refractivity contribution in [3.8, 4) is 0 Å². The van der Waals surface area contributed by atoms with Crippen molar-refractivity contribution in [3.05, 3.63) is 11.8 Å². The van der Waals surface area contributed by atoms with Gasteiger partial charge < -0.3 is 14.7 Å². The van der Waals surface area contributed by atoms with Crippen LogP contribution in [0.15, 0.2) is 11.8 Å². The minimum Gasteiger partial charge on any atom is -0.465 e. The first-order valence-corrected chi connectivity index (χ1v) is 5.40.